The lowest BCUT2D eigenvalue weighted by atomic mass is 9.68. The Morgan fingerprint density at radius 1 is 1.38 bits per heavy atom. The van der Waals surface area contributed by atoms with Gasteiger partial charge < -0.3 is 14.7 Å². The molecule has 1 saturated carbocycles. The van der Waals surface area contributed by atoms with Gasteiger partial charge in [0.1, 0.15) is 5.82 Å². The van der Waals surface area contributed by atoms with Gasteiger partial charge in [0, 0.05) is 6.54 Å². The Labute approximate surface area is 142 Å². The number of carbonyl (C=O) groups excluding carboxylic acids is 1. The van der Waals surface area contributed by atoms with Crippen LogP contribution in [0.15, 0.2) is 24.3 Å². The molecule has 0 bridgehead atoms. The second-order valence-electron chi connectivity index (χ2n) is 7.10. The fourth-order valence-corrected chi connectivity index (χ4v) is 4.05. The van der Waals surface area contributed by atoms with Crippen molar-refractivity contribution >= 4 is 5.91 Å². The first-order valence-corrected chi connectivity index (χ1v) is 8.86. The molecular formula is C19H26FNO3. The molecule has 2 aliphatic rings. The predicted octanol–water partition coefficient (Wildman–Crippen LogP) is 2.64. The normalized spacial score (nSPS) is 27.0. The van der Waals surface area contributed by atoms with Crippen LogP contribution >= 0.6 is 0 Å². The van der Waals surface area contributed by atoms with Crippen LogP contribution in [0.4, 0.5) is 4.39 Å². The molecule has 3 rings (SSSR count). The van der Waals surface area contributed by atoms with Gasteiger partial charge in [-0.2, -0.15) is 0 Å². The van der Waals surface area contributed by atoms with Gasteiger partial charge in [0.2, 0.25) is 5.91 Å². The Bertz CT molecular complexity index is 586. The van der Waals surface area contributed by atoms with Crippen LogP contribution in [-0.2, 0) is 14.9 Å². The molecule has 1 aliphatic carbocycles. The quantitative estimate of drug-likeness (QED) is 0.924. The van der Waals surface area contributed by atoms with Crippen molar-refractivity contribution in [3.8, 4) is 0 Å². The number of hydrogen-bond acceptors (Lipinski definition) is 3. The van der Waals surface area contributed by atoms with Gasteiger partial charge >= 0.3 is 0 Å². The van der Waals surface area contributed by atoms with Gasteiger partial charge in [-0.15, -0.1) is 0 Å². The molecule has 1 heterocycles. The Hall–Kier alpha value is -1.46. The number of rotatable bonds is 3. The highest BCUT2D eigenvalue weighted by Crippen LogP contribution is 2.42. The van der Waals surface area contributed by atoms with Gasteiger partial charge in [0.25, 0.3) is 0 Å². The van der Waals surface area contributed by atoms with E-state index in [1.807, 2.05) is 17.9 Å². The van der Waals surface area contributed by atoms with Crippen molar-refractivity contribution in [3.63, 3.8) is 0 Å². The molecular weight excluding hydrogens is 309 g/mol. The van der Waals surface area contributed by atoms with E-state index in [2.05, 4.69) is 0 Å². The second-order valence-corrected chi connectivity index (χ2v) is 7.10. The van der Waals surface area contributed by atoms with Gasteiger partial charge in [-0.1, -0.05) is 31.4 Å². The second kappa shape index (κ2) is 7.19. The number of carbonyl (C=O) groups is 1. The summed E-state index contributed by atoms with van der Waals surface area (Å²) >= 11 is 0. The molecule has 2 unspecified atom stereocenters. The summed E-state index contributed by atoms with van der Waals surface area (Å²) in [7, 11) is 0. The van der Waals surface area contributed by atoms with Crippen LogP contribution in [0.25, 0.3) is 0 Å². The van der Waals surface area contributed by atoms with Gasteiger partial charge in [-0.05, 0) is 37.5 Å². The third-order valence-corrected chi connectivity index (χ3v) is 5.46. The summed E-state index contributed by atoms with van der Waals surface area (Å²) in [6, 6.07) is 6.46. The molecule has 5 heteroatoms. The van der Waals surface area contributed by atoms with Crippen LogP contribution in [-0.4, -0.2) is 47.8 Å². The number of amides is 1. The lowest BCUT2D eigenvalue weighted by Gasteiger charge is -2.45. The number of hydrogen-bond donors (Lipinski definition) is 1. The highest BCUT2D eigenvalue weighted by molar-refractivity contribution is 5.88. The molecule has 1 amide bonds. The molecule has 1 aliphatic heterocycles. The maximum Gasteiger partial charge on any atom is 0.233 e. The maximum atomic E-state index is 13.8. The average Bonchev–Trinajstić information content (AvgIpc) is 2.62. The lowest BCUT2D eigenvalue weighted by molar-refractivity contribution is -0.153. The maximum absolute atomic E-state index is 13.8. The van der Waals surface area contributed by atoms with E-state index in [1.165, 1.54) is 12.1 Å². The van der Waals surface area contributed by atoms with Gasteiger partial charge in [-0.25, -0.2) is 4.39 Å². The summed E-state index contributed by atoms with van der Waals surface area (Å²) < 4.78 is 19.4. The van der Waals surface area contributed by atoms with E-state index < -0.39 is 5.41 Å². The monoisotopic (exact) mass is 335 g/mol. The third kappa shape index (κ3) is 3.20. The predicted molar refractivity (Wildman–Crippen MR) is 89.2 cm³/mol. The lowest BCUT2D eigenvalue weighted by Crippen LogP contribution is -2.58. The van der Waals surface area contributed by atoms with Crippen molar-refractivity contribution in [3.05, 3.63) is 35.6 Å². The molecule has 1 aromatic carbocycles. The zero-order valence-corrected chi connectivity index (χ0v) is 14.2. The number of nitrogens with zero attached hydrogens (tertiary/aromatic N) is 1. The fourth-order valence-electron chi connectivity index (χ4n) is 4.05. The van der Waals surface area contributed by atoms with Crippen LogP contribution in [0.3, 0.4) is 0 Å². The first-order valence-electron chi connectivity index (χ1n) is 8.86. The standard InChI is InChI=1S/C19H26FNO3/c1-14-13-24-17(12-22)11-21(14)18(23)19(8-3-2-4-9-19)15-6-5-7-16(20)10-15/h5-7,10,14,17,22H,2-4,8-9,11-13H2,1H3. The van der Waals surface area contributed by atoms with Crippen LogP contribution < -0.4 is 0 Å². The van der Waals surface area contributed by atoms with Crippen molar-refractivity contribution in [2.45, 2.75) is 56.6 Å². The number of morpholine rings is 1. The largest absolute Gasteiger partial charge is 0.394 e. The van der Waals surface area contributed by atoms with Gasteiger partial charge in [-0.3, -0.25) is 4.79 Å². The Morgan fingerprint density at radius 2 is 2.12 bits per heavy atom. The zero-order chi connectivity index (χ0) is 17.2. The average molecular weight is 335 g/mol. The molecule has 2 fully saturated rings. The van der Waals surface area contributed by atoms with Crippen molar-refractivity contribution < 1.29 is 19.0 Å². The van der Waals surface area contributed by atoms with Gasteiger partial charge in [0.05, 0.1) is 30.8 Å². The molecule has 2 atom stereocenters. The smallest absolute Gasteiger partial charge is 0.233 e. The Balaban J connectivity index is 1.94. The minimum atomic E-state index is -0.647. The molecule has 1 N–H and O–H groups in total. The summed E-state index contributed by atoms with van der Waals surface area (Å²) in [5.74, 6) is -0.240. The van der Waals surface area contributed by atoms with Crippen LogP contribution in [0.2, 0.25) is 0 Å². The van der Waals surface area contributed by atoms with E-state index in [1.54, 1.807) is 6.07 Å². The number of aliphatic hydroxyl groups is 1. The molecule has 24 heavy (non-hydrogen) atoms. The summed E-state index contributed by atoms with van der Waals surface area (Å²) in [6.45, 7) is 2.70. The molecule has 1 saturated heterocycles. The SMILES string of the molecule is CC1COC(CO)CN1C(=O)C1(c2cccc(F)c2)CCCCC1. The van der Waals surface area contributed by atoms with Crippen LogP contribution in [0.5, 0.6) is 0 Å². The number of benzene rings is 1. The van der Waals surface area contributed by atoms with Crippen molar-refractivity contribution in [1.29, 1.82) is 0 Å². The minimum Gasteiger partial charge on any atom is -0.394 e. The summed E-state index contributed by atoms with van der Waals surface area (Å²) in [4.78, 5) is 15.4. The Morgan fingerprint density at radius 3 is 2.79 bits per heavy atom. The minimum absolute atomic E-state index is 0.0346. The topological polar surface area (TPSA) is 49.8 Å². The van der Waals surface area contributed by atoms with Gasteiger partial charge in [0.15, 0.2) is 0 Å². The van der Waals surface area contributed by atoms with Crippen molar-refractivity contribution in [1.82, 2.24) is 4.90 Å². The Kier molecular flexibility index (Phi) is 5.21. The first kappa shape index (κ1) is 17.4. The zero-order valence-electron chi connectivity index (χ0n) is 14.2. The molecule has 0 spiro atoms. The molecule has 1 aromatic rings. The number of ether oxygens (including phenoxy) is 1. The fraction of sp³-hybridized carbons (Fsp3) is 0.632. The number of aliphatic hydroxyl groups excluding tert-OH is 1. The summed E-state index contributed by atoms with van der Waals surface area (Å²) in [5, 5.41) is 9.39. The van der Waals surface area contributed by atoms with E-state index in [0.717, 1.165) is 37.7 Å². The van der Waals surface area contributed by atoms with Crippen molar-refractivity contribution in [2.24, 2.45) is 0 Å². The van der Waals surface area contributed by atoms with E-state index in [0.29, 0.717) is 13.2 Å². The number of halogens is 1. The highest BCUT2D eigenvalue weighted by Gasteiger charge is 2.46. The first-order chi connectivity index (χ1) is 11.6. The third-order valence-electron chi connectivity index (χ3n) is 5.46. The van der Waals surface area contributed by atoms with E-state index >= 15 is 0 Å². The molecule has 0 aromatic heterocycles. The van der Waals surface area contributed by atoms with E-state index in [-0.39, 0.29) is 30.5 Å². The molecule has 4 nitrogen and oxygen atoms in total. The van der Waals surface area contributed by atoms with Crippen molar-refractivity contribution in [2.75, 3.05) is 19.8 Å². The van der Waals surface area contributed by atoms with E-state index in [4.69, 9.17) is 4.74 Å². The summed E-state index contributed by atoms with van der Waals surface area (Å²) in [6.07, 6.45) is 4.24. The highest BCUT2D eigenvalue weighted by atomic mass is 19.1. The summed E-state index contributed by atoms with van der Waals surface area (Å²) in [5.41, 5.74) is 0.137. The molecule has 132 valence electrons. The van der Waals surface area contributed by atoms with Crippen LogP contribution in [0, 0.1) is 5.82 Å². The molecule has 0 radical (unpaired) electrons. The van der Waals surface area contributed by atoms with E-state index in [9.17, 15) is 14.3 Å². The van der Waals surface area contributed by atoms with Crippen LogP contribution in [0.1, 0.15) is 44.6 Å².